The fraction of sp³-hybridized carbons (Fsp3) is 0.148. The second kappa shape index (κ2) is 9.43. The molecule has 4 aromatic rings. The van der Waals surface area contributed by atoms with Gasteiger partial charge in [0.2, 0.25) is 0 Å². The van der Waals surface area contributed by atoms with Crippen molar-refractivity contribution in [2.45, 2.75) is 26.3 Å². The minimum absolute atomic E-state index is 0.274. The maximum Gasteiger partial charge on any atom is 0.336 e. The zero-order valence-corrected chi connectivity index (χ0v) is 17.9. The Morgan fingerprint density at radius 3 is 2.28 bits per heavy atom. The van der Waals surface area contributed by atoms with E-state index in [1.807, 2.05) is 71.3 Å². The van der Waals surface area contributed by atoms with Gasteiger partial charge in [0.05, 0.1) is 11.3 Å². The average Bonchev–Trinajstić information content (AvgIpc) is 3.17. The molecule has 1 heterocycles. The Kier molecular flexibility index (Phi) is 6.26. The van der Waals surface area contributed by atoms with Gasteiger partial charge in [-0.2, -0.15) is 0 Å². The van der Waals surface area contributed by atoms with E-state index in [0.29, 0.717) is 23.5 Å². The Labute approximate surface area is 187 Å². The Balaban J connectivity index is 1.69. The van der Waals surface area contributed by atoms with Gasteiger partial charge in [0.1, 0.15) is 11.5 Å². The molecule has 160 valence electrons. The summed E-state index contributed by atoms with van der Waals surface area (Å²) < 4.78 is 1.99. The summed E-state index contributed by atoms with van der Waals surface area (Å²) in [5, 5.41) is 9.47. The van der Waals surface area contributed by atoms with Crippen molar-refractivity contribution in [1.29, 1.82) is 0 Å². The minimum Gasteiger partial charge on any atom is -0.478 e. The molecule has 0 saturated carbocycles. The van der Waals surface area contributed by atoms with Gasteiger partial charge < -0.3 is 9.67 Å². The molecule has 3 aromatic carbocycles. The van der Waals surface area contributed by atoms with E-state index >= 15 is 0 Å². The van der Waals surface area contributed by atoms with E-state index < -0.39 is 5.97 Å². The summed E-state index contributed by atoms with van der Waals surface area (Å²) in [5.74, 6) is -0.0647. The van der Waals surface area contributed by atoms with Gasteiger partial charge >= 0.3 is 5.97 Å². The van der Waals surface area contributed by atoms with Crippen LogP contribution in [0.2, 0.25) is 0 Å². The lowest BCUT2D eigenvalue weighted by Gasteiger charge is -2.11. The number of aromatic carboxylic acids is 1. The summed E-state index contributed by atoms with van der Waals surface area (Å²) in [6, 6.07) is 24.5. The predicted molar refractivity (Wildman–Crippen MR) is 125 cm³/mol. The number of carbonyl (C=O) groups excluding carboxylic acids is 1. The molecule has 0 radical (unpaired) electrons. The molecule has 4 rings (SSSR count). The smallest absolute Gasteiger partial charge is 0.336 e. The molecule has 0 atom stereocenters. The number of hydrogen-bond acceptors (Lipinski definition) is 3. The highest BCUT2D eigenvalue weighted by atomic mass is 16.4. The molecule has 0 amide bonds. The van der Waals surface area contributed by atoms with Crippen molar-refractivity contribution in [2.75, 3.05) is 0 Å². The number of imidazole rings is 1. The summed E-state index contributed by atoms with van der Waals surface area (Å²) >= 11 is 0. The third-order valence-electron chi connectivity index (χ3n) is 5.48. The molecule has 5 heteroatoms. The SMILES string of the molecule is CCCc1nc(-c2ccccc2)c(C=O)n1Cc1ccc(-c2ccccc2C(=O)O)cc1. The number of hydrogen-bond donors (Lipinski definition) is 1. The maximum atomic E-state index is 12.1. The van der Waals surface area contributed by atoms with E-state index in [2.05, 4.69) is 6.92 Å². The summed E-state index contributed by atoms with van der Waals surface area (Å²) in [6.07, 6.45) is 2.58. The van der Waals surface area contributed by atoms with Gasteiger partial charge in [0, 0.05) is 18.5 Å². The molecule has 1 aromatic heterocycles. The number of carboxylic acids is 1. The first kappa shape index (κ1) is 21.2. The van der Waals surface area contributed by atoms with E-state index in [-0.39, 0.29) is 5.56 Å². The lowest BCUT2D eigenvalue weighted by atomic mass is 9.98. The van der Waals surface area contributed by atoms with Crippen LogP contribution in [0.4, 0.5) is 0 Å². The minimum atomic E-state index is -0.948. The van der Waals surface area contributed by atoms with Gasteiger partial charge in [-0.05, 0) is 29.2 Å². The van der Waals surface area contributed by atoms with Crippen molar-refractivity contribution in [3.63, 3.8) is 0 Å². The number of aromatic nitrogens is 2. The highest BCUT2D eigenvalue weighted by Gasteiger charge is 2.18. The molecule has 0 saturated heterocycles. The van der Waals surface area contributed by atoms with Gasteiger partial charge in [-0.15, -0.1) is 0 Å². The molecule has 0 fully saturated rings. The summed E-state index contributed by atoms with van der Waals surface area (Å²) in [6.45, 7) is 2.61. The Morgan fingerprint density at radius 2 is 1.62 bits per heavy atom. The van der Waals surface area contributed by atoms with Crippen LogP contribution in [0.25, 0.3) is 22.4 Å². The topological polar surface area (TPSA) is 72.2 Å². The number of nitrogens with zero attached hydrogens (tertiary/aromatic N) is 2. The first-order valence-corrected chi connectivity index (χ1v) is 10.6. The summed E-state index contributed by atoms with van der Waals surface area (Å²) in [4.78, 5) is 28.4. The number of aldehydes is 1. The molecular weight excluding hydrogens is 400 g/mol. The zero-order chi connectivity index (χ0) is 22.5. The van der Waals surface area contributed by atoms with Crippen molar-refractivity contribution in [3.8, 4) is 22.4 Å². The molecule has 0 aliphatic rings. The number of carbonyl (C=O) groups is 2. The second-order valence-corrected chi connectivity index (χ2v) is 7.63. The quantitative estimate of drug-likeness (QED) is 0.367. The molecule has 0 aliphatic heterocycles. The van der Waals surface area contributed by atoms with Crippen LogP contribution in [-0.2, 0) is 13.0 Å². The van der Waals surface area contributed by atoms with E-state index in [1.54, 1.807) is 12.1 Å². The van der Waals surface area contributed by atoms with E-state index in [9.17, 15) is 14.7 Å². The maximum absolute atomic E-state index is 12.1. The third kappa shape index (κ3) is 4.23. The number of aryl methyl sites for hydroxylation is 1. The predicted octanol–water partition coefficient (Wildman–Crippen LogP) is 5.73. The Bertz CT molecular complexity index is 1240. The van der Waals surface area contributed by atoms with Crippen LogP contribution in [0.5, 0.6) is 0 Å². The highest BCUT2D eigenvalue weighted by Crippen LogP contribution is 2.27. The fourth-order valence-electron chi connectivity index (χ4n) is 3.93. The van der Waals surface area contributed by atoms with Crippen LogP contribution < -0.4 is 0 Å². The average molecular weight is 425 g/mol. The molecule has 1 N–H and O–H groups in total. The summed E-state index contributed by atoms with van der Waals surface area (Å²) in [7, 11) is 0. The largest absolute Gasteiger partial charge is 0.478 e. The molecule has 0 bridgehead atoms. The fourth-order valence-corrected chi connectivity index (χ4v) is 3.93. The first-order chi connectivity index (χ1) is 15.6. The molecule has 0 spiro atoms. The number of carboxylic acid groups (broad SMARTS) is 1. The first-order valence-electron chi connectivity index (χ1n) is 10.6. The van der Waals surface area contributed by atoms with Crippen molar-refractivity contribution in [2.24, 2.45) is 0 Å². The van der Waals surface area contributed by atoms with E-state index in [1.165, 1.54) is 0 Å². The number of rotatable bonds is 8. The van der Waals surface area contributed by atoms with Gasteiger partial charge in [-0.25, -0.2) is 9.78 Å². The van der Waals surface area contributed by atoms with Crippen LogP contribution in [0.15, 0.2) is 78.9 Å². The van der Waals surface area contributed by atoms with Crippen molar-refractivity contribution in [3.05, 3.63) is 102 Å². The van der Waals surface area contributed by atoms with Crippen LogP contribution in [0.1, 0.15) is 45.6 Å². The zero-order valence-electron chi connectivity index (χ0n) is 17.9. The van der Waals surface area contributed by atoms with Crippen molar-refractivity contribution < 1.29 is 14.7 Å². The van der Waals surface area contributed by atoms with E-state index in [4.69, 9.17) is 4.98 Å². The van der Waals surface area contributed by atoms with Crippen LogP contribution >= 0.6 is 0 Å². The third-order valence-corrected chi connectivity index (χ3v) is 5.48. The monoisotopic (exact) mass is 424 g/mol. The van der Waals surface area contributed by atoms with Gasteiger partial charge in [0.25, 0.3) is 0 Å². The number of benzene rings is 3. The molecule has 5 nitrogen and oxygen atoms in total. The molecule has 0 aliphatic carbocycles. The Morgan fingerprint density at radius 1 is 0.938 bits per heavy atom. The Hall–Kier alpha value is -3.99. The van der Waals surface area contributed by atoms with Crippen LogP contribution in [-0.4, -0.2) is 26.9 Å². The highest BCUT2D eigenvalue weighted by molar-refractivity contribution is 5.96. The molecule has 0 unspecified atom stereocenters. The van der Waals surface area contributed by atoms with Gasteiger partial charge in [0.15, 0.2) is 6.29 Å². The van der Waals surface area contributed by atoms with Gasteiger partial charge in [-0.3, -0.25) is 4.79 Å². The van der Waals surface area contributed by atoms with Crippen molar-refractivity contribution >= 4 is 12.3 Å². The normalized spacial score (nSPS) is 10.8. The van der Waals surface area contributed by atoms with Crippen LogP contribution in [0, 0.1) is 0 Å². The van der Waals surface area contributed by atoms with Gasteiger partial charge in [-0.1, -0.05) is 79.7 Å². The van der Waals surface area contributed by atoms with Crippen LogP contribution in [0.3, 0.4) is 0 Å². The lowest BCUT2D eigenvalue weighted by Crippen LogP contribution is -2.08. The van der Waals surface area contributed by atoms with E-state index in [0.717, 1.165) is 41.6 Å². The summed E-state index contributed by atoms with van der Waals surface area (Å²) in [5.41, 5.74) is 5.00. The molecular formula is C27H24N2O3. The second-order valence-electron chi connectivity index (χ2n) is 7.63. The molecule has 32 heavy (non-hydrogen) atoms. The van der Waals surface area contributed by atoms with Crippen molar-refractivity contribution in [1.82, 2.24) is 9.55 Å². The lowest BCUT2D eigenvalue weighted by molar-refractivity contribution is 0.0697. The standard InChI is InChI=1S/C27H24N2O3/c1-2-8-25-28-26(21-9-4-3-5-10-21)24(18-30)29(25)17-19-13-15-20(16-14-19)22-11-6-7-12-23(22)27(31)32/h3-7,9-16,18H,2,8,17H2,1H3,(H,31,32).